The predicted octanol–water partition coefficient (Wildman–Crippen LogP) is 1.90. The first-order valence-electron chi connectivity index (χ1n) is 6.48. The van der Waals surface area contributed by atoms with Gasteiger partial charge in [0.05, 0.1) is 19.3 Å². The number of rotatable bonds is 5. The summed E-state index contributed by atoms with van der Waals surface area (Å²) in [6.07, 6.45) is 0. The van der Waals surface area contributed by atoms with Crippen LogP contribution in [0.1, 0.15) is 0 Å². The number of hydrogen-bond donors (Lipinski definition) is 0. The van der Waals surface area contributed by atoms with Gasteiger partial charge in [0.15, 0.2) is 0 Å². The van der Waals surface area contributed by atoms with E-state index in [0.29, 0.717) is 6.54 Å². The Morgan fingerprint density at radius 3 is 2.57 bits per heavy atom. The molecule has 0 N–H and O–H groups in total. The van der Waals surface area contributed by atoms with Crippen molar-refractivity contribution in [3.05, 3.63) is 46.8 Å². The average molecular weight is 310 g/mol. The summed E-state index contributed by atoms with van der Waals surface area (Å²) in [6.45, 7) is 1.33. The molecule has 0 aliphatic rings. The summed E-state index contributed by atoms with van der Waals surface area (Å²) in [5.74, 6) is 0.748. The maximum absolute atomic E-state index is 11.8. The van der Waals surface area contributed by atoms with Crippen molar-refractivity contribution >= 4 is 12.4 Å². The predicted molar refractivity (Wildman–Crippen MR) is 86.3 cm³/mol. The molecule has 21 heavy (non-hydrogen) atoms. The average Bonchev–Trinajstić information content (AvgIpc) is 2.46. The zero-order chi connectivity index (χ0) is 14.5. The number of aromatic nitrogens is 2. The van der Waals surface area contributed by atoms with E-state index in [1.807, 2.05) is 43.3 Å². The third-order valence-electron chi connectivity index (χ3n) is 3.01. The fraction of sp³-hybridized carbons (Fsp3) is 0.333. The van der Waals surface area contributed by atoms with Gasteiger partial charge in [0.25, 0.3) is 5.56 Å². The van der Waals surface area contributed by atoms with Gasteiger partial charge in [-0.15, -0.1) is 12.4 Å². The van der Waals surface area contributed by atoms with E-state index in [9.17, 15) is 4.79 Å². The molecule has 0 spiro atoms. The summed E-state index contributed by atoms with van der Waals surface area (Å²) < 4.78 is 6.82. The zero-order valence-electron chi connectivity index (χ0n) is 12.4. The summed E-state index contributed by atoms with van der Waals surface area (Å²) in [6, 6.07) is 10.9. The fourth-order valence-electron chi connectivity index (χ4n) is 1.90. The van der Waals surface area contributed by atoms with E-state index < -0.39 is 0 Å². The molecule has 5 nitrogen and oxygen atoms in total. The Hall–Kier alpha value is -1.85. The fourth-order valence-corrected chi connectivity index (χ4v) is 1.90. The van der Waals surface area contributed by atoms with Crippen LogP contribution in [0.15, 0.2) is 41.2 Å². The number of hydrogen-bond acceptors (Lipinski definition) is 4. The minimum Gasteiger partial charge on any atom is -0.496 e. The molecule has 0 bridgehead atoms. The minimum atomic E-state index is -0.0921. The Morgan fingerprint density at radius 1 is 1.19 bits per heavy atom. The molecule has 1 aromatic heterocycles. The van der Waals surface area contributed by atoms with Gasteiger partial charge in [-0.2, -0.15) is 5.10 Å². The van der Waals surface area contributed by atoms with Crippen LogP contribution >= 0.6 is 12.4 Å². The second-order valence-electron chi connectivity index (χ2n) is 4.78. The lowest BCUT2D eigenvalue weighted by atomic mass is 10.1. The van der Waals surface area contributed by atoms with Gasteiger partial charge in [-0.3, -0.25) is 4.79 Å². The summed E-state index contributed by atoms with van der Waals surface area (Å²) in [4.78, 5) is 13.8. The maximum atomic E-state index is 11.8. The van der Waals surface area contributed by atoms with Crippen LogP contribution in [0, 0.1) is 0 Å². The highest BCUT2D eigenvalue weighted by atomic mass is 35.5. The van der Waals surface area contributed by atoms with E-state index in [1.54, 1.807) is 19.2 Å². The molecule has 1 heterocycles. The first kappa shape index (κ1) is 17.2. The van der Waals surface area contributed by atoms with Crippen molar-refractivity contribution < 1.29 is 4.74 Å². The van der Waals surface area contributed by atoms with E-state index >= 15 is 0 Å². The second kappa shape index (κ2) is 7.81. The molecule has 2 aromatic rings. The highest BCUT2D eigenvalue weighted by molar-refractivity contribution is 5.85. The SMILES string of the molecule is COc1ccccc1-c1ccc(=O)n(CCN(C)C)n1.Cl. The van der Waals surface area contributed by atoms with Crippen LogP contribution < -0.4 is 10.3 Å². The van der Waals surface area contributed by atoms with Crippen molar-refractivity contribution in [2.75, 3.05) is 27.7 Å². The molecule has 6 heteroatoms. The van der Waals surface area contributed by atoms with Crippen LogP contribution in [-0.2, 0) is 6.54 Å². The molecule has 1 aromatic carbocycles. The molecule has 0 aliphatic carbocycles. The lowest BCUT2D eigenvalue weighted by molar-refractivity contribution is 0.368. The third kappa shape index (κ3) is 4.31. The Balaban J connectivity index is 0.00000220. The lowest BCUT2D eigenvalue weighted by Gasteiger charge is -2.12. The second-order valence-corrected chi connectivity index (χ2v) is 4.78. The largest absolute Gasteiger partial charge is 0.496 e. The molecule has 0 saturated heterocycles. The lowest BCUT2D eigenvalue weighted by Crippen LogP contribution is -2.28. The van der Waals surface area contributed by atoms with Crippen molar-refractivity contribution in [2.45, 2.75) is 6.54 Å². The molecular formula is C15H20ClN3O2. The maximum Gasteiger partial charge on any atom is 0.266 e. The number of methoxy groups -OCH3 is 1. The Labute approximate surface area is 130 Å². The summed E-state index contributed by atoms with van der Waals surface area (Å²) in [7, 11) is 5.56. The number of likely N-dealkylation sites (N-methyl/N-ethyl adjacent to an activating group) is 1. The van der Waals surface area contributed by atoms with E-state index in [1.165, 1.54) is 4.68 Å². The van der Waals surface area contributed by atoms with Crippen molar-refractivity contribution in [3.63, 3.8) is 0 Å². The highest BCUT2D eigenvalue weighted by Crippen LogP contribution is 2.26. The van der Waals surface area contributed by atoms with Crippen molar-refractivity contribution in [1.29, 1.82) is 0 Å². The molecule has 0 radical (unpaired) electrons. The topological polar surface area (TPSA) is 47.4 Å². The number of ether oxygens (including phenoxy) is 1. The van der Waals surface area contributed by atoms with Crippen LogP contribution in [0.5, 0.6) is 5.75 Å². The first-order valence-corrected chi connectivity index (χ1v) is 6.48. The van der Waals surface area contributed by atoms with E-state index in [4.69, 9.17) is 4.74 Å². The molecular weight excluding hydrogens is 290 g/mol. The van der Waals surface area contributed by atoms with Gasteiger partial charge in [0.1, 0.15) is 5.75 Å². The van der Waals surface area contributed by atoms with Gasteiger partial charge in [-0.25, -0.2) is 4.68 Å². The molecule has 0 amide bonds. The van der Waals surface area contributed by atoms with Crippen LogP contribution in [0.3, 0.4) is 0 Å². The summed E-state index contributed by atoms with van der Waals surface area (Å²) in [5, 5.41) is 4.42. The van der Waals surface area contributed by atoms with Gasteiger partial charge in [0.2, 0.25) is 0 Å². The minimum absolute atomic E-state index is 0. The third-order valence-corrected chi connectivity index (χ3v) is 3.01. The first-order chi connectivity index (χ1) is 9.61. The molecule has 0 saturated carbocycles. The van der Waals surface area contributed by atoms with Gasteiger partial charge < -0.3 is 9.64 Å². The van der Waals surface area contributed by atoms with Crippen LogP contribution in [0.2, 0.25) is 0 Å². The molecule has 114 valence electrons. The quantitative estimate of drug-likeness (QED) is 0.846. The monoisotopic (exact) mass is 309 g/mol. The van der Waals surface area contributed by atoms with Gasteiger partial charge in [-0.1, -0.05) is 12.1 Å². The highest BCUT2D eigenvalue weighted by Gasteiger charge is 2.08. The zero-order valence-corrected chi connectivity index (χ0v) is 13.3. The number of halogens is 1. The van der Waals surface area contributed by atoms with Crippen LogP contribution in [0.4, 0.5) is 0 Å². The van der Waals surface area contributed by atoms with E-state index in [-0.39, 0.29) is 18.0 Å². The standard InChI is InChI=1S/C15H19N3O2.ClH/c1-17(2)10-11-18-15(19)9-8-13(16-18)12-6-4-5-7-14(12)20-3;/h4-9H,10-11H2,1-3H3;1H. The number of para-hydroxylation sites is 1. The summed E-state index contributed by atoms with van der Waals surface area (Å²) in [5.41, 5.74) is 1.53. The molecule has 0 atom stereocenters. The van der Waals surface area contributed by atoms with Crippen LogP contribution in [0.25, 0.3) is 11.3 Å². The van der Waals surface area contributed by atoms with Crippen LogP contribution in [-0.4, -0.2) is 42.4 Å². The van der Waals surface area contributed by atoms with Crippen molar-refractivity contribution in [1.82, 2.24) is 14.7 Å². The van der Waals surface area contributed by atoms with Crippen molar-refractivity contribution in [2.24, 2.45) is 0 Å². The molecule has 0 unspecified atom stereocenters. The smallest absolute Gasteiger partial charge is 0.266 e. The van der Waals surface area contributed by atoms with Gasteiger partial charge >= 0.3 is 0 Å². The van der Waals surface area contributed by atoms with Gasteiger partial charge in [0, 0.05) is 18.2 Å². The molecule has 0 aliphatic heterocycles. The Kier molecular flexibility index (Phi) is 6.39. The normalized spacial score (nSPS) is 10.3. The number of benzene rings is 1. The molecule has 2 rings (SSSR count). The van der Waals surface area contributed by atoms with Gasteiger partial charge in [-0.05, 0) is 32.3 Å². The number of nitrogens with zero attached hydrogens (tertiary/aromatic N) is 3. The van der Waals surface area contributed by atoms with Crippen molar-refractivity contribution in [3.8, 4) is 17.0 Å². The Morgan fingerprint density at radius 2 is 1.90 bits per heavy atom. The summed E-state index contributed by atoms with van der Waals surface area (Å²) >= 11 is 0. The van der Waals surface area contributed by atoms with E-state index in [2.05, 4.69) is 5.10 Å². The van der Waals surface area contributed by atoms with E-state index in [0.717, 1.165) is 23.6 Å². The molecule has 0 fully saturated rings. The Bertz CT molecular complexity index is 641.